The zero-order valence-corrected chi connectivity index (χ0v) is 10.5. The highest BCUT2D eigenvalue weighted by atomic mass is 16.6. The molecule has 0 aromatic heterocycles. The topological polar surface area (TPSA) is 75.6 Å². The van der Waals surface area contributed by atoms with E-state index in [4.69, 9.17) is 9.84 Å². The summed E-state index contributed by atoms with van der Waals surface area (Å²) in [5, 5.41) is 11.3. The van der Waals surface area contributed by atoms with Gasteiger partial charge in [0.05, 0.1) is 5.92 Å². The number of hydrogen-bond acceptors (Lipinski definition) is 3. The zero-order chi connectivity index (χ0) is 12.9. The molecule has 94 valence electrons. The molecule has 5 nitrogen and oxygen atoms in total. The third-order valence-corrected chi connectivity index (χ3v) is 2.21. The van der Waals surface area contributed by atoms with Gasteiger partial charge < -0.3 is 15.2 Å². The molecular weight excluding hydrogens is 210 g/mol. The van der Waals surface area contributed by atoms with Crippen LogP contribution in [0.15, 0.2) is 0 Å². The second-order valence-corrected chi connectivity index (χ2v) is 4.99. The summed E-state index contributed by atoms with van der Waals surface area (Å²) < 4.78 is 5.03. The van der Waals surface area contributed by atoms with E-state index in [2.05, 4.69) is 5.32 Å². The van der Waals surface area contributed by atoms with E-state index in [1.807, 2.05) is 0 Å². The van der Waals surface area contributed by atoms with Crippen LogP contribution in [0, 0.1) is 11.8 Å². The third-order valence-electron chi connectivity index (χ3n) is 2.21. The molecule has 0 rings (SSSR count). The lowest BCUT2D eigenvalue weighted by Crippen LogP contribution is -2.37. The summed E-state index contributed by atoms with van der Waals surface area (Å²) in [4.78, 5) is 21.9. The van der Waals surface area contributed by atoms with E-state index < -0.39 is 23.6 Å². The van der Waals surface area contributed by atoms with Crippen LogP contribution in [0.25, 0.3) is 0 Å². The zero-order valence-electron chi connectivity index (χ0n) is 10.5. The van der Waals surface area contributed by atoms with Gasteiger partial charge in [-0.15, -0.1) is 0 Å². The summed E-state index contributed by atoms with van der Waals surface area (Å²) in [6.07, 6.45) is -0.517. The first kappa shape index (κ1) is 14.7. The summed E-state index contributed by atoms with van der Waals surface area (Å²) in [6, 6.07) is 0. The summed E-state index contributed by atoms with van der Waals surface area (Å²) >= 11 is 0. The maximum atomic E-state index is 11.3. The molecule has 0 aliphatic heterocycles. The van der Waals surface area contributed by atoms with Gasteiger partial charge in [0.2, 0.25) is 0 Å². The predicted molar refractivity (Wildman–Crippen MR) is 60.2 cm³/mol. The number of carbonyl (C=O) groups excluding carboxylic acids is 1. The van der Waals surface area contributed by atoms with Gasteiger partial charge in [0.1, 0.15) is 5.60 Å². The number of amides is 1. The quantitative estimate of drug-likeness (QED) is 0.774. The van der Waals surface area contributed by atoms with Gasteiger partial charge in [0.15, 0.2) is 0 Å². The lowest BCUT2D eigenvalue weighted by atomic mass is 9.96. The van der Waals surface area contributed by atoms with Crippen LogP contribution in [-0.2, 0) is 9.53 Å². The molecule has 0 fully saturated rings. The molecule has 0 aliphatic carbocycles. The van der Waals surface area contributed by atoms with Crippen molar-refractivity contribution in [2.24, 2.45) is 11.8 Å². The molecule has 0 aliphatic rings. The van der Waals surface area contributed by atoms with Crippen LogP contribution in [-0.4, -0.2) is 29.3 Å². The number of alkyl carbamates (subject to hydrolysis) is 1. The maximum Gasteiger partial charge on any atom is 0.407 e. The molecule has 0 heterocycles. The number of carboxylic acid groups (broad SMARTS) is 1. The van der Waals surface area contributed by atoms with Crippen molar-refractivity contribution in [3.05, 3.63) is 0 Å². The fourth-order valence-electron chi connectivity index (χ4n) is 0.979. The van der Waals surface area contributed by atoms with Crippen LogP contribution >= 0.6 is 0 Å². The van der Waals surface area contributed by atoms with Gasteiger partial charge in [-0.1, -0.05) is 13.8 Å². The molecule has 0 bridgehead atoms. The average molecular weight is 231 g/mol. The van der Waals surface area contributed by atoms with E-state index in [1.165, 1.54) is 0 Å². The van der Waals surface area contributed by atoms with Crippen molar-refractivity contribution in [2.45, 2.75) is 40.2 Å². The van der Waals surface area contributed by atoms with Crippen LogP contribution in [0.2, 0.25) is 0 Å². The number of rotatable bonds is 4. The number of hydrogen-bond donors (Lipinski definition) is 2. The Kier molecular flexibility index (Phi) is 5.27. The van der Waals surface area contributed by atoms with Crippen molar-refractivity contribution in [3.63, 3.8) is 0 Å². The number of nitrogens with one attached hydrogen (secondary N) is 1. The van der Waals surface area contributed by atoms with Crippen LogP contribution in [0.1, 0.15) is 34.6 Å². The van der Waals surface area contributed by atoms with E-state index >= 15 is 0 Å². The molecule has 0 radical (unpaired) electrons. The lowest BCUT2D eigenvalue weighted by molar-refractivity contribution is -0.142. The minimum Gasteiger partial charge on any atom is -0.481 e. The normalized spacial score (nSPS) is 15.1. The van der Waals surface area contributed by atoms with Crippen LogP contribution < -0.4 is 5.32 Å². The molecule has 5 heteroatoms. The average Bonchev–Trinajstić information content (AvgIpc) is 2.09. The van der Waals surface area contributed by atoms with Crippen LogP contribution in [0.5, 0.6) is 0 Å². The van der Waals surface area contributed by atoms with E-state index in [9.17, 15) is 9.59 Å². The highest BCUT2D eigenvalue weighted by Gasteiger charge is 2.21. The summed E-state index contributed by atoms with van der Waals surface area (Å²) in [6.45, 7) is 9.00. The Bertz CT molecular complexity index is 257. The minimum atomic E-state index is -0.863. The van der Waals surface area contributed by atoms with Crippen LogP contribution in [0.3, 0.4) is 0 Å². The predicted octanol–water partition coefficient (Wildman–Crippen LogP) is 1.87. The molecule has 2 atom stereocenters. The Hall–Kier alpha value is -1.26. The molecule has 2 N–H and O–H groups in total. The molecule has 0 spiro atoms. The Balaban J connectivity index is 3.97. The van der Waals surface area contributed by atoms with E-state index in [1.54, 1.807) is 34.6 Å². The Morgan fingerprint density at radius 1 is 1.31 bits per heavy atom. The molecule has 0 aromatic rings. The van der Waals surface area contributed by atoms with Crippen molar-refractivity contribution >= 4 is 12.1 Å². The smallest absolute Gasteiger partial charge is 0.407 e. The molecule has 2 unspecified atom stereocenters. The molecule has 1 amide bonds. The van der Waals surface area contributed by atoms with E-state index in [-0.39, 0.29) is 5.92 Å². The highest BCUT2D eigenvalue weighted by Crippen LogP contribution is 2.10. The van der Waals surface area contributed by atoms with Crippen molar-refractivity contribution in [2.75, 3.05) is 6.54 Å². The van der Waals surface area contributed by atoms with Crippen molar-refractivity contribution < 1.29 is 19.4 Å². The van der Waals surface area contributed by atoms with E-state index in [0.717, 1.165) is 0 Å². The fraction of sp³-hybridized carbons (Fsp3) is 0.818. The van der Waals surface area contributed by atoms with Crippen LogP contribution in [0.4, 0.5) is 4.79 Å². The number of carboxylic acids is 1. The monoisotopic (exact) mass is 231 g/mol. The molecule has 0 aromatic carbocycles. The van der Waals surface area contributed by atoms with Gasteiger partial charge in [0, 0.05) is 6.54 Å². The minimum absolute atomic E-state index is 0.134. The first-order chi connectivity index (χ1) is 7.13. The first-order valence-corrected chi connectivity index (χ1v) is 5.33. The first-order valence-electron chi connectivity index (χ1n) is 5.33. The second-order valence-electron chi connectivity index (χ2n) is 4.99. The third kappa shape index (κ3) is 6.27. The standard InChI is InChI=1S/C11H21NO4/c1-7(8(2)9(13)14)6-12-10(15)16-11(3,4)5/h7-8H,6H2,1-5H3,(H,12,15)(H,13,14). The Labute approximate surface area is 96.2 Å². The summed E-state index contributed by atoms with van der Waals surface area (Å²) in [7, 11) is 0. The lowest BCUT2D eigenvalue weighted by Gasteiger charge is -2.21. The van der Waals surface area contributed by atoms with Gasteiger partial charge in [-0.3, -0.25) is 4.79 Å². The van der Waals surface area contributed by atoms with Crippen molar-refractivity contribution in [3.8, 4) is 0 Å². The number of carbonyl (C=O) groups is 2. The van der Waals surface area contributed by atoms with Gasteiger partial charge in [0.25, 0.3) is 0 Å². The van der Waals surface area contributed by atoms with Crippen molar-refractivity contribution in [1.82, 2.24) is 5.32 Å². The van der Waals surface area contributed by atoms with Gasteiger partial charge in [-0.2, -0.15) is 0 Å². The molecular formula is C11H21NO4. The van der Waals surface area contributed by atoms with Gasteiger partial charge in [-0.05, 0) is 26.7 Å². The van der Waals surface area contributed by atoms with E-state index in [0.29, 0.717) is 6.54 Å². The SMILES string of the molecule is CC(CNC(=O)OC(C)(C)C)C(C)C(=O)O. The maximum absolute atomic E-state index is 11.3. The Morgan fingerprint density at radius 3 is 2.19 bits per heavy atom. The van der Waals surface area contributed by atoms with Gasteiger partial charge in [-0.25, -0.2) is 4.79 Å². The molecule has 16 heavy (non-hydrogen) atoms. The second kappa shape index (κ2) is 5.72. The van der Waals surface area contributed by atoms with Crippen molar-refractivity contribution in [1.29, 1.82) is 0 Å². The number of ether oxygens (including phenoxy) is 1. The Morgan fingerprint density at radius 2 is 1.81 bits per heavy atom. The highest BCUT2D eigenvalue weighted by molar-refractivity contribution is 5.70. The molecule has 0 saturated heterocycles. The van der Waals surface area contributed by atoms with Gasteiger partial charge >= 0.3 is 12.1 Å². The molecule has 0 saturated carbocycles. The largest absolute Gasteiger partial charge is 0.481 e. The summed E-state index contributed by atoms with van der Waals surface area (Å²) in [5.74, 6) is -1.49. The number of aliphatic carboxylic acids is 1. The fourth-order valence-corrected chi connectivity index (χ4v) is 0.979. The summed E-state index contributed by atoms with van der Waals surface area (Å²) in [5.41, 5.74) is -0.536.